The van der Waals surface area contributed by atoms with E-state index in [1.165, 1.54) is 5.56 Å². The molecule has 0 aliphatic carbocycles. The Morgan fingerprint density at radius 3 is 2.69 bits per heavy atom. The van der Waals surface area contributed by atoms with Crippen molar-refractivity contribution in [1.82, 2.24) is 14.8 Å². The van der Waals surface area contributed by atoms with Crippen molar-refractivity contribution in [2.24, 2.45) is 7.05 Å². The highest BCUT2D eigenvalue weighted by atomic mass is 15.3. The van der Waals surface area contributed by atoms with E-state index < -0.39 is 0 Å². The summed E-state index contributed by atoms with van der Waals surface area (Å²) in [5.74, 6) is 0. The molecule has 2 aromatic rings. The van der Waals surface area contributed by atoms with Gasteiger partial charge in [-0.1, -0.05) is 0 Å². The van der Waals surface area contributed by atoms with Crippen molar-refractivity contribution in [2.75, 3.05) is 0 Å². The first-order valence-electron chi connectivity index (χ1n) is 4.18. The predicted molar refractivity (Wildman–Crippen MR) is 51.2 cm³/mol. The minimum Gasteiger partial charge on any atom is -0.268 e. The zero-order chi connectivity index (χ0) is 9.26. The highest BCUT2D eigenvalue weighted by Gasteiger charge is 2.05. The quantitative estimate of drug-likeness (QED) is 0.658. The van der Waals surface area contributed by atoms with Crippen LogP contribution in [0.3, 0.4) is 0 Å². The number of nitrogens with zero attached hydrogens (tertiary/aromatic N) is 3. The van der Waals surface area contributed by atoms with Gasteiger partial charge in [-0.2, -0.15) is 5.10 Å². The lowest BCUT2D eigenvalue weighted by atomic mass is 10.1. The largest absolute Gasteiger partial charge is 0.268 e. The lowest BCUT2D eigenvalue weighted by Crippen LogP contribution is -1.94. The van der Waals surface area contributed by atoms with Crippen LogP contribution in [0.25, 0.3) is 11.3 Å². The van der Waals surface area contributed by atoms with Crippen molar-refractivity contribution >= 4 is 0 Å². The Morgan fingerprint density at radius 1 is 1.31 bits per heavy atom. The smallest absolute Gasteiger partial charge is 0.0723 e. The fourth-order valence-electron chi connectivity index (χ4n) is 1.46. The Hall–Kier alpha value is -1.64. The maximum atomic E-state index is 4.18. The van der Waals surface area contributed by atoms with E-state index in [1.54, 1.807) is 6.20 Å². The summed E-state index contributed by atoms with van der Waals surface area (Å²) in [6.07, 6.45) is 5.49. The fourth-order valence-corrected chi connectivity index (χ4v) is 1.46. The Labute approximate surface area is 77.0 Å². The van der Waals surface area contributed by atoms with Crippen molar-refractivity contribution in [3.8, 4) is 11.3 Å². The van der Waals surface area contributed by atoms with E-state index >= 15 is 0 Å². The summed E-state index contributed by atoms with van der Waals surface area (Å²) < 4.78 is 1.87. The molecular formula is C10H11N3. The Kier molecular flexibility index (Phi) is 1.85. The average Bonchev–Trinajstić information content (AvgIpc) is 2.48. The van der Waals surface area contributed by atoms with Gasteiger partial charge >= 0.3 is 0 Å². The molecule has 0 amide bonds. The van der Waals surface area contributed by atoms with Crippen LogP contribution in [0.2, 0.25) is 0 Å². The highest BCUT2D eigenvalue weighted by Crippen LogP contribution is 2.20. The second-order valence-electron chi connectivity index (χ2n) is 3.04. The molecule has 0 N–H and O–H groups in total. The predicted octanol–water partition coefficient (Wildman–Crippen LogP) is 1.79. The normalized spacial score (nSPS) is 10.3. The molecule has 0 aliphatic rings. The minimum atomic E-state index is 1.11. The molecule has 0 aromatic carbocycles. The number of rotatable bonds is 1. The van der Waals surface area contributed by atoms with Crippen molar-refractivity contribution in [3.63, 3.8) is 0 Å². The molecule has 0 saturated carbocycles. The molecule has 0 spiro atoms. The Morgan fingerprint density at radius 2 is 2.15 bits per heavy atom. The third kappa shape index (κ3) is 1.33. The van der Waals surface area contributed by atoms with Crippen LogP contribution in [0.1, 0.15) is 5.56 Å². The molecule has 3 heteroatoms. The summed E-state index contributed by atoms with van der Waals surface area (Å²) in [6, 6.07) is 3.97. The summed E-state index contributed by atoms with van der Waals surface area (Å²) in [5, 5.41) is 4.18. The summed E-state index contributed by atoms with van der Waals surface area (Å²) in [7, 11) is 1.94. The monoisotopic (exact) mass is 173 g/mol. The number of aryl methyl sites for hydroxylation is 2. The van der Waals surface area contributed by atoms with Gasteiger partial charge < -0.3 is 0 Å². The van der Waals surface area contributed by atoms with Crippen molar-refractivity contribution in [3.05, 3.63) is 36.3 Å². The first-order valence-corrected chi connectivity index (χ1v) is 4.18. The number of hydrogen-bond acceptors (Lipinski definition) is 2. The molecule has 0 bridgehead atoms. The number of aromatic nitrogens is 3. The molecule has 0 atom stereocenters. The molecule has 13 heavy (non-hydrogen) atoms. The lowest BCUT2D eigenvalue weighted by Gasteiger charge is -2.02. The van der Waals surface area contributed by atoms with Gasteiger partial charge in [0.15, 0.2) is 0 Å². The standard InChI is InChI=1S/C10H11N3/c1-8-6-12-13(2)10(8)9-4-3-5-11-7-9/h3-7H,1-2H3. The Bertz CT molecular complexity index is 384. The Balaban J connectivity index is 2.59. The molecule has 2 aromatic heterocycles. The SMILES string of the molecule is Cc1cnn(C)c1-c1cccnc1. The van der Waals surface area contributed by atoms with E-state index in [2.05, 4.69) is 17.0 Å². The van der Waals surface area contributed by atoms with Gasteiger partial charge in [-0.25, -0.2) is 0 Å². The van der Waals surface area contributed by atoms with Crippen LogP contribution >= 0.6 is 0 Å². The maximum Gasteiger partial charge on any atom is 0.0723 e. The van der Waals surface area contributed by atoms with E-state index in [0.29, 0.717) is 0 Å². The van der Waals surface area contributed by atoms with Crippen LogP contribution in [0.5, 0.6) is 0 Å². The van der Waals surface area contributed by atoms with Crippen molar-refractivity contribution < 1.29 is 0 Å². The summed E-state index contributed by atoms with van der Waals surface area (Å²) >= 11 is 0. The van der Waals surface area contributed by atoms with Gasteiger partial charge in [0.1, 0.15) is 0 Å². The molecular weight excluding hydrogens is 162 g/mol. The van der Waals surface area contributed by atoms with Gasteiger partial charge in [0.25, 0.3) is 0 Å². The average molecular weight is 173 g/mol. The van der Waals surface area contributed by atoms with Gasteiger partial charge in [0, 0.05) is 25.0 Å². The second-order valence-corrected chi connectivity index (χ2v) is 3.04. The molecule has 0 saturated heterocycles. The van der Waals surface area contributed by atoms with Crippen LogP contribution in [0, 0.1) is 6.92 Å². The van der Waals surface area contributed by atoms with E-state index in [-0.39, 0.29) is 0 Å². The molecule has 0 unspecified atom stereocenters. The maximum absolute atomic E-state index is 4.18. The third-order valence-electron chi connectivity index (χ3n) is 2.06. The molecule has 3 nitrogen and oxygen atoms in total. The van der Waals surface area contributed by atoms with Crippen LogP contribution in [-0.4, -0.2) is 14.8 Å². The zero-order valence-electron chi connectivity index (χ0n) is 7.73. The van der Waals surface area contributed by atoms with E-state index in [1.807, 2.05) is 36.3 Å². The van der Waals surface area contributed by atoms with Crippen LogP contribution in [-0.2, 0) is 7.05 Å². The van der Waals surface area contributed by atoms with Crippen LogP contribution in [0.15, 0.2) is 30.7 Å². The lowest BCUT2D eigenvalue weighted by molar-refractivity contribution is 0.775. The highest BCUT2D eigenvalue weighted by molar-refractivity contribution is 5.61. The zero-order valence-corrected chi connectivity index (χ0v) is 7.73. The topological polar surface area (TPSA) is 30.7 Å². The molecule has 0 aliphatic heterocycles. The van der Waals surface area contributed by atoms with E-state index in [9.17, 15) is 0 Å². The van der Waals surface area contributed by atoms with Crippen molar-refractivity contribution in [2.45, 2.75) is 6.92 Å². The first-order chi connectivity index (χ1) is 6.29. The fraction of sp³-hybridized carbons (Fsp3) is 0.200. The molecule has 2 rings (SSSR count). The van der Waals surface area contributed by atoms with E-state index in [4.69, 9.17) is 0 Å². The summed E-state index contributed by atoms with van der Waals surface area (Å²) in [4.78, 5) is 4.08. The van der Waals surface area contributed by atoms with Gasteiger partial charge in [0.05, 0.1) is 11.9 Å². The van der Waals surface area contributed by atoms with E-state index in [0.717, 1.165) is 11.3 Å². The van der Waals surface area contributed by atoms with Gasteiger partial charge in [-0.3, -0.25) is 9.67 Å². The summed E-state index contributed by atoms with van der Waals surface area (Å²) in [6.45, 7) is 2.05. The van der Waals surface area contributed by atoms with Gasteiger partial charge in [-0.05, 0) is 24.6 Å². The minimum absolute atomic E-state index is 1.11. The van der Waals surface area contributed by atoms with Crippen LogP contribution < -0.4 is 0 Å². The second kappa shape index (κ2) is 3.01. The molecule has 0 fully saturated rings. The van der Waals surface area contributed by atoms with Gasteiger partial charge in [-0.15, -0.1) is 0 Å². The van der Waals surface area contributed by atoms with Crippen molar-refractivity contribution in [1.29, 1.82) is 0 Å². The van der Waals surface area contributed by atoms with Gasteiger partial charge in [0.2, 0.25) is 0 Å². The molecule has 2 heterocycles. The molecule has 66 valence electrons. The number of hydrogen-bond donors (Lipinski definition) is 0. The number of pyridine rings is 1. The third-order valence-corrected chi connectivity index (χ3v) is 2.06. The molecule has 0 radical (unpaired) electrons. The van der Waals surface area contributed by atoms with Crippen LogP contribution in [0.4, 0.5) is 0 Å². The first kappa shape index (κ1) is 7.98. The summed E-state index contributed by atoms with van der Waals surface area (Å²) in [5.41, 5.74) is 3.42.